The predicted octanol–water partition coefficient (Wildman–Crippen LogP) is 29.7. The average Bonchev–Trinajstić information content (AvgIpc) is 1.57. The van der Waals surface area contributed by atoms with E-state index < -0.39 is 0 Å². The summed E-state index contributed by atoms with van der Waals surface area (Å²) in [4.78, 5) is 39.5. The van der Waals surface area contributed by atoms with E-state index in [1.54, 1.807) is 12.4 Å². The van der Waals surface area contributed by atoms with Crippen LogP contribution in [-0.2, 0) is 43.3 Å². The third-order valence-electron chi connectivity index (χ3n) is 25.1. The Labute approximate surface area is 708 Å². The second kappa shape index (κ2) is 28.3. The van der Waals surface area contributed by atoms with Gasteiger partial charge < -0.3 is 18.3 Å². The summed E-state index contributed by atoms with van der Waals surface area (Å²) in [5.74, 6) is -0.0679. The summed E-state index contributed by atoms with van der Waals surface area (Å²) in [6, 6.07) is 88.0. The van der Waals surface area contributed by atoms with Crippen molar-refractivity contribution in [3.8, 4) is 22.7 Å². The molecule has 0 aliphatic rings. The molecule has 8 heteroatoms. The number of carbonyl (C=O) groups excluding carboxylic acids is 2. The molecule has 0 saturated carbocycles. The second-order valence-electron chi connectivity index (χ2n) is 42.1. The molecule has 0 bridgehead atoms. The molecule has 120 heavy (non-hydrogen) atoms. The highest BCUT2D eigenvalue weighted by atomic mass is 16.1. The van der Waals surface area contributed by atoms with Crippen LogP contribution < -0.4 is 0 Å². The van der Waals surface area contributed by atoms with Gasteiger partial charge in [0.05, 0.1) is 55.2 Å². The van der Waals surface area contributed by atoms with Gasteiger partial charge in [-0.3, -0.25) is 19.6 Å². The van der Waals surface area contributed by atoms with Gasteiger partial charge in [-0.1, -0.05) is 251 Å². The molecular weight excluding hydrogens is 1460 g/mol. The molecule has 0 N–H and O–H groups in total. The molecule has 0 aliphatic heterocycles. The van der Waals surface area contributed by atoms with Crippen molar-refractivity contribution in [1.29, 1.82) is 0 Å². The zero-order chi connectivity index (χ0) is 85.4. The van der Waals surface area contributed by atoms with Gasteiger partial charge in [0.1, 0.15) is 0 Å². The molecule has 0 radical (unpaired) electrons. The summed E-state index contributed by atoms with van der Waals surface area (Å²) in [6.07, 6.45) is 3.50. The van der Waals surface area contributed by atoms with Gasteiger partial charge in [0.2, 0.25) is 0 Å². The van der Waals surface area contributed by atoms with E-state index in [4.69, 9.17) is 0 Å². The summed E-state index contributed by atoms with van der Waals surface area (Å²) < 4.78 is 9.49. The molecule has 0 saturated heterocycles. The van der Waals surface area contributed by atoms with Gasteiger partial charge in [-0.25, -0.2) is 0 Å². The van der Waals surface area contributed by atoms with Crippen molar-refractivity contribution < 1.29 is 9.59 Å². The van der Waals surface area contributed by atoms with Crippen LogP contribution in [0, 0.1) is 0 Å². The third kappa shape index (κ3) is 14.3. The maximum atomic E-state index is 15.1. The summed E-state index contributed by atoms with van der Waals surface area (Å²) >= 11 is 0. The Morgan fingerprint density at radius 2 is 0.392 bits per heavy atom. The van der Waals surface area contributed by atoms with Crippen LogP contribution in [0.2, 0.25) is 0 Å². The number of carbonyl (C=O) groups is 2. The third-order valence-corrected chi connectivity index (χ3v) is 25.1. The van der Waals surface area contributed by atoms with E-state index >= 15 is 9.59 Å². The molecule has 12 aromatic carbocycles. The molecule has 604 valence electrons. The lowest BCUT2D eigenvalue weighted by Crippen LogP contribution is -2.11. The molecule has 18 rings (SSSR count). The smallest absolute Gasteiger partial charge is 0.193 e. The van der Waals surface area contributed by atoms with Crippen molar-refractivity contribution in [2.24, 2.45) is 0 Å². The minimum absolute atomic E-state index is 0.0205. The Morgan fingerprint density at radius 1 is 0.208 bits per heavy atom. The molecule has 0 spiro atoms. The molecule has 8 nitrogen and oxygen atoms in total. The monoisotopic (exact) mass is 1570 g/mol. The van der Waals surface area contributed by atoms with Crippen LogP contribution >= 0.6 is 0 Å². The summed E-state index contributed by atoms with van der Waals surface area (Å²) in [5.41, 5.74) is 26.9. The van der Waals surface area contributed by atoms with E-state index in [-0.39, 0.29) is 54.9 Å². The highest BCUT2D eigenvalue weighted by molar-refractivity contribution is 6.19. The van der Waals surface area contributed by atoms with Crippen molar-refractivity contribution in [3.05, 3.63) is 322 Å². The number of fused-ring (bicyclic) bond motifs is 14. The van der Waals surface area contributed by atoms with Crippen molar-refractivity contribution in [1.82, 2.24) is 28.2 Å². The number of hydrogen-bond donors (Lipinski definition) is 0. The Kier molecular flexibility index (Phi) is 19.0. The van der Waals surface area contributed by atoms with Crippen molar-refractivity contribution in [2.75, 3.05) is 0 Å². The fourth-order valence-corrected chi connectivity index (χ4v) is 17.8. The van der Waals surface area contributed by atoms with Gasteiger partial charge in [0.25, 0.3) is 0 Å². The number of aromatic nitrogens is 6. The fourth-order valence-electron chi connectivity index (χ4n) is 17.8. The Hall–Kier alpha value is -12.0. The quantitative estimate of drug-likeness (QED) is 0.142. The van der Waals surface area contributed by atoms with E-state index in [0.29, 0.717) is 22.3 Å². The maximum absolute atomic E-state index is 15.1. The summed E-state index contributed by atoms with van der Waals surface area (Å²) in [7, 11) is 0. The number of rotatable bonds is 8. The number of hydrogen-bond acceptors (Lipinski definition) is 4. The van der Waals surface area contributed by atoms with Gasteiger partial charge >= 0.3 is 0 Å². The molecule has 6 aromatic heterocycles. The van der Waals surface area contributed by atoms with E-state index in [1.807, 2.05) is 60.7 Å². The Morgan fingerprint density at radius 3 is 0.575 bits per heavy atom. The lowest BCUT2D eigenvalue weighted by atomic mass is 9.85. The summed E-state index contributed by atoms with van der Waals surface area (Å²) in [5, 5.41) is 11.4. The van der Waals surface area contributed by atoms with Crippen LogP contribution in [0.4, 0.5) is 0 Å². The first kappa shape index (κ1) is 80.4. The molecule has 6 heterocycles. The van der Waals surface area contributed by atoms with E-state index in [1.165, 1.54) is 87.6 Å². The Balaban J connectivity index is 0.000000171. The average molecular weight is 1580 g/mol. The first-order valence-corrected chi connectivity index (χ1v) is 42.8. The van der Waals surface area contributed by atoms with Crippen LogP contribution in [0.1, 0.15) is 243 Å². The SMILES string of the molecule is CC(C)(C)c1ccc2c(c1)c1cc(C(C)(C)C)ccc1n2-c1cc(C(=O)c2ccnc3ccccc23)cc(-n2c3ccc(C(C)(C)C)cc3c3cc(C(C)(C)C)ccc32)c1.CC(C)(C)c1ccc2c(c1)c1cc(C(C)(C)C)ccc1n2-c1cc(C(=O)c2ccnc3ccccc23)cc(-n2c3ccc(C(C)(C)C)cc3c3cc(C(C)(C)C)ccc32)c1. The second-order valence-corrected chi connectivity index (χ2v) is 42.1. The van der Waals surface area contributed by atoms with Gasteiger partial charge in [-0.2, -0.15) is 0 Å². The minimum atomic E-state index is -0.0340. The molecule has 0 amide bonds. The number of ketones is 2. The standard InChI is InChI=1S/2C56H57N3O/c2*1-53(2,3)35-17-21-48-43(29-35)44-30-36(54(4,5)6)18-22-49(44)58(48)39-27-34(52(60)42-25-26-57-47-16-14-13-15-41(42)47)28-40(33-39)59-50-23-19-37(55(7,8)9)31-45(50)46-32-38(56(10,11)12)20-24-51(46)59/h2*13-33H,1-12H3. The van der Waals surface area contributed by atoms with Crippen LogP contribution in [0.3, 0.4) is 0 Å². The van der Waals surface area contributed by atoms with Crippen molar-refractivity contribution in [3.63, 3.8) is 0 Å². The number of para-hydroxylation sites is 2. The van der Waals surface area contributed by atoms with Crippen molar-refractivity contribution in [2.45, 2.75) is 209 Å². The molecule has 0 unspecified atom stereocenters. The highest BCUT2D eigenvalue weighted by Gasteiger charge is 2.30. The zero-order valence-electron chi connectivity index (χ0n) is 74.7. The Bertz CT molecular complexity index is 6200. The molecule has 0 atom stereocenters. The van der Waals surface area contributed by atoms with Gasteiger partial charge in [0, 0.05) is 111 Å². The normalized spacial score (nSPS) is 13.1. The number of pyridine rings is 2. The lowest BCUT2D eigenvalue weighted by molar-refractivity contribution is 0.103. The van der Waals surface area contributed by atoms with Gasteiger partial charge in [-0.15, -0.1) is 0 Å². The number of benzene rings is 12. The predicted molar refractivity (Wildman–Crippen MR) is 510 cm³/mol. The summed E-state index contributed by atoms with van der Waals surface area (Å²) in [6.45, 7) is 54.6. The first-order valence-electron chi connectivity index (χ1n) is 42.8. The van der Waals surface area contributed by atoms with Gasteiger partial charge in [0.15, 0.2) is 11.6 Å². The van der Waals surface area contributed by atoms with Crippen LogP contribution in [-0.4, -0.2) is 39.8 Å². The molecule has 0 aliphatic carbocycles. The van der Waals surface area contributed by atoms with E-state index in [2.05, 4.69) is 376 Å². The van der Waals surface area contributed by atoms with Crippen LogP contribution in [0.25, 0.3) is 132 Å². The first-order chi connectivity index (χ1) is 56.4. The highest BCUT2D eigenvalue weighted by Crippen LogP contribution is 2.46. The van der Waals surface area contributed by atoms with Crippen LogP contribution in [0.15, 0.2) is 255 Å². The van der Waals surface area contributed by atoms with E-state index in [9.17, 15) is 0 Å². The zero-order valence-corrected chi connectivity index (χ0v) is 74.7. The molecule has 18 aromatic rings. The fraction of sp³-hybridized carbons (Fsp3) is 0.286. The molecule has 0 fully saturated rings. The lowest BCUT2D eigenvalue weighted by Gasteiger charge is -2.20. The minimum Gasteiger partial charge on any atom is -0.309 e. The topological polar surface area (TPSA) is 79.6 Å². The van der Waals surface area contributed by atoms with E-state index in [0.717, 1.165) is 88.7 Å². The van der Waals surface area contributed by atoms with Crippen molar-refractivity contribution >= 4 is 121 Å². The maximum Gasteiger partial charge on any atom is 0.193 e. The molecular formula is C112H114N6O2. The number of nitrogens with zero attached hydrogens (tertiary/aromatic N) is 6. The van der Waals surface area contributed by atoms with Gasteiger partial charge in [-0.05, 0) is 246 Å². The van der Waals surface area contributed by atoms with Crippen LogP contribution in [0.5, 0.6) is 0 Å². The largest absolute Gasteiger partial charge is 0.309 e.